The maximum Gasteiger partial charge on any atom is 0.233 e. The third kappa shape index (κ3) is 6.08. The minimum atomic E-state index is 0.0274. The molecule has 106 valence electrons. The molecule has 2 N–H and O–H groups in total. The highest BCUT2D eigenvalue weighted by Gasteiger charge is 2.10. The lowest BCUT2D eigenvalue weighted by atomic mass is 10.1. The molecule has 0 bridgehead atoms. The molecular formula is C15H23ClN2O. The topological polar surface area (TPSA) is 41.1 Å². The summed E-state index contributed by atoms with van der Waals surface area (Å²) in [6.07, 6.45) is 1.01. The lowest BCUT2D eigenvalue weighted by Crippen LogP contribution is -2.35. The SMILES string of the molecule is CC(C)CCNC(=O)CNC(C)c1ccccc1Cl. The smallest absolute Gasteiger partial charge is 0.233 e. The monoisotopic (exact) mass is 282 g/mol. The number of amides is 1. The Morgan fingerprint density at radius 3 is 2.58 bits per heavy atom. The molecule has 0 radical (unpaired) electrons. The predicted octanol–water partition coefficient (Wildman–Crippen LogP) is 3.15. The van der Waals surface area contributed by atoms with Gasteiger partial charge in [0.15, 0.2) is 0 Å². The second-order valence-corrected chi connectivity index (χ2v) is 5.56. The van der Waals surface area contributed by atoms with Crippen LogP contribution >= 0.6 is 11.6 Å². The van der Waals surface area contributed by atoms with Gasteiger partial charge in [0, 0.05) is 17.6 Å². The number of benzene rings is 1. The molecule has 0 spiro atoms. The van der Waals surface area contributed by atoms with Crippen molar-refractivity contribution in [2.75, 3.05) is 13.1 Å². The fourth-order valence-electron chi connectivity index (χ4n) is 1.74. The second-order valence-electron chi connectivity index (χ2n) is 5.16. The zero-order valence-electron chi connectivity index (χ0n) is 11.9. The van der Waals surface area contributed by atoms with Crippen molar-refractivity contribution in [1.29, 1.82) is 0 Å². The highest BCUT2D eigenvalue weighted by atomic mass is 35.5. The summed E-state index contributed by atoms with van der Waals surface area (Å²) in [5.41, 5.74) is 1.01. The van der Waals surface area contributed by atoms with Gasteiger partial charge in [-0.1, -0.05) is 43.6 Å². The van der Waals surface area contributed by atoms with Gasteiger partial charge in [-0.2, -0.15) is 0 Å². The Hall–Kier alpha value is -1.06. The number of carbonyl (C=O) groups is 1. The van der Waals surface area contributed by atoms with E-state index in [1.54, 1.807) is 0 Å². The van der Waals surface area contributed by atoms with Crippen LogP contribution in [0.3, 0.4) is 0 Å². The molecule has 1 unspecified atom stereocenters. The van der Waals surface area contributed by atoms with E-state index in [0.29, 0.717) is 12.5 Å². The van der Waals surface area contributed by atoms with Gasteiger partial charge in [0.25, 0.3) is 0 Å². The standard InChI is InChI=1S/C15H23ClN2O/c1-11(2)8-9-17-15(19)10-18-12(3)13-6-4-5-7-14(13)16/h4-7,11-12,18H,8-10H2,1-3H3,(H,17,19). The highest BCUT2D eigenvalue weighted by Crippen LogP contribution is 2.21. The maximum atomic E-state index is 11.6. The molecule has 3 nitrogen and oxygen atoms in total. The third-order valence-corrected chi connectivity index (χ3v) is 3.33. The van der Waals surface area contributed by atoms with Gasteiger partial charge in [0.2, 0.25) is 5.91 Å². The summed E-state index contributed by atoms with van der Waals surface area (Å²) in [4.78, 5) is 11.6. The lowest BCUT2D eigenvalue weighted by molar-refractivity contribution is -0.120. The van der Waals surface area contributed by atoms with E-state index in [0.717, 1.165) is 23.6 Å². The molecule has 1 rings (SSSR count). The van der Waals surface area contributed by atoms with E-state index in [1.807, 2.05) is 31.2 Å². The number of carbonyl (C=O) groups excluding carboxylic acids is 1. The quantitative estimate of drug-likeness (QED) is 0.807. The molecule has 0 aliphatic carbocycles. The lowest BCUT2D eigenvalue weighted by Gasteiger charge is -2.15. The van der Waals surface area contributed by atoms with Crippen LogP contribution in [0.2, 0.25) is 5.02 Å². The van der Waals surface area contributed by atoms with Crippen LogP contribution in [0.15, 0.2) is 24.3 Å². The number of hydrogen-bond acceptors (Lipinski definition) is 2. The van der Waals surface area contributed by atoms with E-state index in [2.05, 4.69) is 24.5 Å². The van der Waals surface area contributed by atoms with Crippen LogP contribution < -0.4 is 10.6 Å². The molecule has 1 atom stereocenters. The van der Waals surface area contributed by atoms with E-state index in [4.69, 9.17) is 11.6 Å². The van der Waals surface area contributed by atoms with Gasteiger partial charge in [-0.05, 0) is 30.9 Å². The van der Waals surface area contributed by atoms with Crippen molar-refractivity contribution < 1.29 is 4.79 Å². The summed E-state index contributed by atoms with van der Waals surface area (Å²) in [5.74, 6) is 0.634. The van der Waals surface area contributed by atoms with Crippen LogP contribution in [0, 0.1) is 5.92 Å². The summed E-state index contributed by atoms with van der Waals surface area (Å²) in [6.45, 7) is 7.33. The van der Waals surface area contributed by atoms with Gasteiger partial charge in [-0.15, -0.1) is 0 Å². The molecule has 0 heterocycles. The van der Waals surface area contributed by atoms with E-state index in [1.165, 1.54) is 0 Å². The zero-order chi connectivity index (χ0) is 14.3. The zero-order valence-corrected chi connectivity index (χ0v) is 12.6. The van der Waals surface area contributed by atoms with Gasteiger partial charge in [-0.25, -0.2) is 0 Å². The molecule has 1 aromatic carbocycles. The van der Waals surface area contributed by atoms with Crippen LogP contribution in [0.1, 0.15) is 38.8 Å². The average molecular weight is 283 g/mol. The molecule has 1 aromatic rings. The van der Waals surface area contributed by atoms with Crippen molar-refractivity contribution >= 4 is 17.5 Å². The van der Waals surface area contributed by atoms with Crippen molar-refractivity contribution in [3.8, 4) is 0 Å². The predicted molar refractivity (Wildman–Crippen MR) is 80.3 cm³/mol. The molecule has 0 aliphatic rings. The van der Waals surface area contributed by atoms with Gasteiger partial charge in [0.1, 0.15) is 0 Å². The van der Waals surface area contributed by atoms with Gasteiger partial charge >= 0.3 is 0 Å². The molecule has 4 heteroatoms. The molecule has 19 heavy (non-hydrogen) atoms. The highest BCUT2D eigenvalue weighted by molar-refractivity contribution is 6.31. The first-order chi connectivity index (χ1) is 9.00. The van der Waals surface area contributed by atoms with Crippen molar-refractivity contribution in [2.24, 2.45) is 5.92 Å². The van der Waals surface area contributed by atoms with Crippen LogP contribution in [-0.4, -0.2) is 19.0 Å². The van der Waals surface area contributed by atoms with Gasteiger partial charge in [0.05, 0.1) is 6.54 Å². The van der Waals surface area contributed by atoms with E-state index in [9.17, 15) is 4.79 Å². The van der Waals surface area contributed by atoms with Gasteiger partial charge in [-0.3, -0.25) is 4.79 Å². The van der Waals surface area contributed by atoms with Crippen molar-refractivity contribution in [2.45, 2.75) is 33.2 Å². The minimum Gasteiger partial charge on any atom is -0.355 e. The fraction of sp³-hybridized carbons (Fsp3) is 0.533. The average Bonchev–Trinajstić information content (AvgIpc) is 2.36. The molecule has 1 amide bonds. The first-order valence-electron chi connectivity index (χ1n) is 6.75. The van der Waals surface area contributed by atoms with Gasteiger partial charge < -0.3 is 10.6 Å². The Bertz CT molecular complexity index is 407. The minimum absolute atomic E-state index is 0.0274. The van der Waals surface area contributed by atoms with Crippen LogP contribution in [0.5, 0.6) is 0 Å². The molecule has 0 aliphatic heterocycles. The largest absolute Gasteiger partial charge is 0.355 e. The van der Waals surface area contributed by atoms with Crippen molar-refractivity contribution in [1.82, 2.24) is 10.6 Å². The Labute approximate surface area is 120 Å². The van der Waals surface area contributed by atoms with Crippen LogP contribution in [0.25, 0.3) is 0 Å². The summed E-state index contributed by atoms with van der Waals surface area (Å²) in [6, 6.07) is 7.73. The molecule has 0 aromatic heterocycles. The van der Waals surface area contributed by atoms with Crippen molar-refractivity contribution in [3.63, 3.8) is 0 Å². The summed E-state index contributed by atoms with van der Waals surface area (Å²) < 4.78 is 0. The Kier molecular flexibility index (Phi) is 6.89. The number of nitrogens with one attached hydrogen (secondary N) is 2. The first-order valence-corrected chi connectivity index (χ1v) is 7.13. The normalized spacial score (nSPS) is 12.5. The Balaban J connectivity index is 2.32. The molecular weight excluding hydrogens is 260 g/mol. The van der Waals surface area contributed by atoms with Crippen LogP contribution in [0.4, 0.5) is 0 Å². The van der Waals surface area contributed by atoms with Crippen LogP contribution in [-0.2, 0) is 4.79 Å². The van der Waals surface area contributed by atoms with E-state index in [-0.39, 0.29) is 11.9 Å². The second kappa shape index (κ2) is 8.18. The summed E-state index contributed by atoms with van der Waals surface area (Å²) in [7, 11) is 0. The number of hydrogen-bond donors (Lipinski definition) is 2. The fourth-order valence-corrected chi connectivity index (χ4v) is 2.04. The molecule has 0 fully saturated rings. The number of rotatable bonds is 7. The first kappa shape index (κ1) is 16.0. The summed E-state index contributed by atoms with van der Waals surface area (Å²) >= 11 is 6.11. The van der Waals surface area contributed by atoms with E-state index >= 15 is 0 Å². The Morgan fingerprint density at radius 1 is 1.26 bits per heavy atom. The number of halogens is 1. The molecule has 0 saturated carbocycles. The maximum absolute atomic E-state index is 11.6. The summed E-state index contributed by atoms with van der Waals surface area (Å²) in [5, 5.41) is 6.81. The molecule has 0 saturated heterocycles. The van der Waals surface area contributed by atoms with Crippen molar-refractivity contribution in [3.05, 3.63) is 34.9 Å². The Morgan fingerprint density at radius 2 is 1.95 bits per heavy atom. The third-order valence-electron chi connectivity index (χ3n) is 2.98. The van der Waals surface area contributed by atoms with E-state index < -0.39 is 0 Å².